The smallest absolute Gasteiger partial charge is 0.211 e. The molecule has 0 amide bonds. The first-order valence-corrected chi connectivity index (χ1v) is 10.2. The summed E-state index contributed by atoms with van der Waals surface area (Å²) in [5.41, 5.74) is 4.23. The second-order valence-electron chi connectivity index (χ2n) is 6.47. The molecule has 7 heteroatoms. The van der Waals surface area contributed by atoms with E-state index in [4.69, 9.17) is 14.2 Å². The number of rotatable bonds is 8. The fraction of sp³-hybridized carbons (Fsp3) is 0.217. The average molecular weight is 424 g/mol. The molecule has 0 radical (unpaired) electrons. The third kappa shape index (κ3) is 4.63. The van der Waals surface area contributed by atoms with Gasteiger partial charge in [0.2, 0.25) is 10.6 Å². The Hall–Kier alpha value is -3.32. The van der Waals surface area contributed by atoms with Crippen LogP contribution < -0.4 is 19.0 Å². The summed E-state index contributed by atoms with van der Waals surface area (Å²) in [6.07, 6.45) is 3.51. The van der Waals surface area contributed by atoms with Crippen molar-refractivity contribution in [3.8, 4) is 28.5 Å². The molecule has 156 valence electrons. The topological polar surface area (TPSA) is 57.3 Å². The number of allylic oxidation sites excluding steroid dienone is 1. The quantitative estimate of drug-likeness (QED) is 0.300. The minimum absolute atomic E-state index is 0.541. The van der Waals surface area contributed by atoms with Gasteiger partial charge >= 0.3 is 0 Å². The van der Waals surface area contributed by atoms with E-state index < -0.39 is 0 Å². The highest BCUT2D eigenvalue weighted by Crippen LogP contribution is 2.37. The third-order valence-electron chi connectivity index (χ3n) is 4.49. The fourth-order valence-electron chi connectivity index (χ4n) is 2.99. The van der Waals surface area contributed by atoms with Crippen LogP contribution in [0, 0.1) is 6.92 Å². The van der Waals surface area contributed by atoms with E-state index in [1.807, 2.05) is 18.2 Å². The van der Waals surface area contributed by atoms with Crippen LogP contribution in [0.25, 0.3) is 11.3 Å². The van der Waals surface area contributed by atoms with E-state index in [0.717, 1.165) is 21.6 Å². The Morgan fingerprint density at radius 1 is 1.03 bits per heavy atom. The van der Waals surface area contributed by atoms with Crippen LogP contribution in [0.5, 0.6) is 17.2 Å². The molecular formula is C23H25N3O3S. The Morgan fingerprint density at radius 2 is 1.70 bits per heavy atom. The Balaban J connectivity index is 1.97. The van der Waals surface area contributed by atoms with Crippen molar-refractivity contribution in [1.82, 2.24) is 4.57 Å². The Bertz CT molecular complexity index is 1090. The molecule has 3 aromatic rings. The first kappa shape index (κ1) is 21.4. The molecule has 0 spiro atoms. The summed E-state index contributed by atoms with van der Waals surface area (Å²) in [5.74, 6) is 1.68. The molecule has 2 aromatic carbocycles. The van der Waals surface area contributed by atoms with E-state index in [-0.39, 0.29) is 0 Å². The maximum atomic E-state index is 5.39. The van der Waals surface area contributed by atoms with Crippen LogP contribution in [0.2, 0.25) is 0 Å². The summed E-state index contributed by atoms with van der Waals surface area (Å²) < 4.78 is 18.2. The molecule has 0 atom stereocenters. The van der Waals surface area contributed by atoms with Gasteiger partial charge in [-0.25, -0.2) is 0 Å². The average Bonchev–Trinajstić information content (AvgIpc) is 3.16. The predicted octanol–water partition coefficient (Wildman–Crippen LogP) is 4.67. The molecule has 6 nitrogen and oxygen atoms in total. The van der Waals surface area contributed by atoms with E-state index >= 15 is 0 Å². The van der Waals surface area contributed by atoms with Gasteiger partial charge in [0.05, 0.1) is 33.2 Å². The number of ether oxygens (including phenoxy) is 3. The fourth-order valence-corrected chi connectivity index (χ4v) is 3.87. The molecule has 0 aliphatic rings. The number of hydrogen-bond acceptors (Lipinski definition) is 6. The summed E-state index contributed by atoms with van der Waals surface area (Å²) in [4.78, 5) is 0.786. The lowest BCUT2D eigenvalue weighted by atomic mass is 10.1. The number of methoxy groups -OCH3 is 3. The van der Waals surface area contributed by atoms with Crippen molar-refractivity contribution in [2.45, 2.75) is 13.5 Å². The third-order valence-corrected chi connectivity index (χ3v) is 5.35. The first-order chi connectivity index (χ1) is 14.6. The molecule has 3 rings (SSSR count). The molecule has 0 fully saturated rings. The van der Waals surface area contributed by atoms with E-state index in [0.29, 0.717) is 23.8 Å². The molecular weight excluding hydrogens is 398 g/mol. The molecule has 0 unspecified atom stereocenters. The van der Waals surface area contributed by atoms with Crippen LogP contribution in [0.3, 0.4) is 0 Å². The molecule has 0 bridgehead atoms. The molecule has 0 saturated carbocycles. The van der Waals surface area contributed by atoms with Gasteiger partial charge in [-0.15, -0.1) is 23.0 Å². The molecule has 0 saturated heterocycles. The van der Waals surface area contributed by atoms with Crippen molar-refractivity contribution in [2.75, 3.05) is 21.3 Å². The van der Waals surface area contributed by atoms with Crippen LogP contribution in [0.1, 0.15) is 11.1 Å². The monoisotopic (exact) mass is 423 g/mol. The van der Waals surface area contributed by atoms with Gasteiger partial charge in [0.1, 0.15) is 0 Å². The summed E-state index contributed by atoms with van der Waals surface area (Å²) in [6.45, 7) is 6.59. The maximum absolute atomic E-state index is 5.39. The van der Waals surface area contributed by atoms with Crippen LogP contribution >= 0.6 is 11.3 Å². The zero-order valence-electron chi connectivity index (χ0n) is 17.6. The number of hydrogen-bond donors (Lipinski definition) is 0. The van der Waals surface area contributed by atoms with Gasteiger partial charge in [-0.2, -0.15) is 5.10 Å². The largest absolute Gasteiger partial charge is 0.493 e. The second kappa shape index (κ2) is 9.93. The van der Waals surface area contributed by atoms with Crippen molar-refractivity contribution >= 4 is 17.6 Å². The Morgan fingerprint density at radius 3 is 2.27 bits per heavy atom. The minimum Gasteiger partial charge on any atom is -0.493 e. The van der Waals surface area contributed by atoms with Gasteiger partial charge in [-0.3, -0.25) is 0 Å². The highest BCUT2D eigenvalue weighted by Gasteiger charge is 2.12. The first-order valence-electron chi connectivity index (χ1n) is 9.34. The summed E-state index contributed by atoms with van der Waals surface area (Å²) in [7, 11) is 4.74. The van der Waals surface area contributed by atoms with Crippen molar-refractivity contribution in [3.63, 3.8) is 0 Å². The lowest BCUT2D eigenvalue weighted by Crippen LogP contribution is -2.14. The molecule has 30 heavy (non-hydrogen) atoms. The Labute approximate surface area is 180 Å². The van der Waals surface area contributed by atoms with E-state index in [1.54, 1.807) is 27.5 Å². The highest BCUT2D eigenvalue weighted by atomic mass is 32.1. The van der Waals surface area contributed by atoms with Crippen molar-refractivity contribution in [2.24, 2.45) is 10.2 Å². The number of aryl methyl sites for hydroxylation is 1. The second-order valence-corrected chi connectivity index (χ2v) is 7.31. The zero-order chi connectivity index (χ0) is 21.5. The van der Waals surface area contributed by atoms with Crippen LogP contribution in [-0.2, 0) is 6.54 Å². The minimum atomic E-state index is 0.541. The molecule has 0 aliphatic heterocycles. The molecule has 1 heterocycles. The SMILES string of the molecule is C=CCn1c(-c2ccc(C)cc2)cs/c1=N\N=C/c1cc(OC)c(OC)c(OC)c1. The van der Waals surface area contributed by atoms with Crippen LogP contribution in [0.4, 0.5) is 0 Å². The normalized spacial score (nSPS) is 11.7. The zero-order valence-corrected chi connectivity index (χ0v) is 18.4. The van der Waals surface area contributed by atoms with Gasteiger partial charge < -0.3 is 18.8 Å². The van der Waals surface area contributed by atoms with Gasteiger partial charge in [0, 0.05) is 17.5 Å². The number of nitrogens with zero attached hydrogens (tertiary/aromatic N) is 3. The predicted molar refractivity (Wildman–Crippen MR) is 122 cm³/mol. The summed E-state index contributed by atoms with van der Waals surface area (Å²) in [6, 6.07) is 12.1. The highest BCUT2D eigenvalue weighted by molar-refractivity contribution is 7.07. The van der Waals surface area contributed by atoms with Gasteiger partial charge in [-0.05, 0) is 24.6 Å². The maximum Gasteiger partial charge on any atom is 0.211 e. The van der Waals surface area contributed by atoms with E-state index in [1.165, 1.54) is 16.9 Å². The van der Waals surface area contributed by atoms with Crippen LogP contribution in [0.15, 0.2) is 64.6 Å². The van der Waals surface area contributed by atoms with Crippen molar-refractivity contribution in [3.05, 3.63) is 70.4 Å². The standard InChI is InChI=1S/C23H25N3O3S/c1-6-11-26-19(18-9-7-16(2)8-10-18)15-30-23(26)25-24-14-17-12-20(27-3)22(29-5)21(13-17)28-4/h6-10,12-15H,1,11H2,2-5H3/b24-14-,25-23-. The number of aromatic nitrogens is 1. The van der Waals surface area contributed by atoms with Gasteiger partial charge in [0.15, 0.2) is 11.5 Å². The lowest BCUT2D eigenvalue weighted by molar-refractivity contribution is 0.324. The number of benzene rings is 2. The summed E-state index contributed by atoms with van der Waals surface area (Å²) >= 11 is 1.54. The summed E-state index contributed by atoms with van der Waals surface area (Å²) in [5, 5.41) is 10.8. The van der Waals surface area contributed by atoms with Gasteiger partial charge in [0.25, 0.3) is 0 Å². The molecule has 0 aliphatic carbocycles. The van der Waals surface area contributed by atoms with Crippen LogP contribution in [-0.4, -0.2) is 32.1 Å². The Kier molecular flexibility index (Phi) is 7.08. The number of thiazole rings is 1. The molecule has 1 aromatic heterocycles. The van der Waals surface area contributed by atoms with E-state index in [9.17, 15) is 0 Å². The van der Waals surface area contributed by atoms with E-state index in [2.05, 4.69) is 57.9 Å². The lowest BCUT2D eigenvalue weighted by Gasteiger charge is -2.12. The van der Waals surface area contributed by atoms with Crippen molar-refractivity contribution in [1.29, 1.82) is 0 Å². The molecule has 0 N–H and O–H groups in total. The van der Waals surface area contributed by atoms with Gasteiger partial charge in [-0.1, -0.05) is 35.9 Å². The van der Waals surface area contributed by atoms with Crippen molar-refractivity contribution < 1.29 is 14.2 Å².